The first-order valence-electron chi connectivity index (χ1n) is 3.07. The summed E-state index contributed by atoms with van der Waals surface area (Å²) >= 11 is 0. The molecule has 72 valence electrons. The van der Waals surface area contributed by atoms with Crippen LogP contribution in [0.5, 0.6) is 0 Å². The van der Waals surface area contributed by atoms with Gasteiger partial charge in [0.1, 0.15) is 0 Å². The summed E-state index contributed by atoms with van der Waals surface area (Å²) in [6.45, 7) is 5.79. The first kappa shape index (κ1) is 29.8. The zero-order valence-electron chi connectivity index (χ0n) is 7.96. The van der Waals surface area contributed by atoms with E-state index in [9.17, 15) is 0 Å². The van der Waals surface area contributed by atoms with Crippen molar-refractivity contribution in [1.29, 1.82) is 0 Å². The molecule has 0 aromatic heterocycles. The fourth-order valence-electron chi connectivity index (χ4n) is 0. The second-order valence-corrected chi connectivity index (χ2v) is 0.949. The van der Waals surface area contributed by atoms with E-state index >= 15 is 0 Å². The Morgan fingerprint density at radius 2 is 0.727 bits per heavy atom. The Balaban J connectivity index is -0.0000000150. The number of hydrogen-bond acceptors (Lipinski definition) is 3. The number of aliphatic hydroxyl groups excluding tert-OH is 3. The summed E-state index contributed by atoms with van der Waals surface area (Å²) in [5.41, 5.74) is 0. The average molecular weight is 332 g/mol. The summed E-state index contributed by atoms with van der Waals surface area (Å²) in [6, 6.07) is 0. The van der Waals surface area contributed by atoms with Crippen molar-refractivity contribution in [2.45, 2.75) is 20.8 Å². The summed E-state index contributed by atoms with van der Waals surface area (Å²) < 4.78 is 0. The largest absolute Gasteiger partial charge is 0.397 e. The molecule has 0 saturated carbocycles. The van der Waals surface area contributed by atoms with Crippen molar-refractivity contribution in [1.82, 2.24) is 0 Å². The quantitative estimate of drug-likeness (QED) is 0.446. The van der Waals surface area contributed by atoms with Crippen LogP contribution < -0.4 is 0 Å². The van der Waals surface area contributed by atoms with Gasteiger partial charge in [-0.3, -0.25) is 0 Å². The van der Waals surface area contributed by atoms with Crippen LogP contribution in [0.2, 0.25) is 0 Å². The van der Waals surface area contributed by atoms with Crippen LogP contribution in [-0.4, -0.2) is 35.1 Å². The van der Waals surface area contributed by atoms with Crippen molar-refractivity contribution in [2.24, 2.45) is 0 Å². The van der Waals surface area contributed by atoms with Gasteiger partial charge in [-0.05, 0) is 20.8 Å². The Morgan fingerprint density at radius 3 is 0.727 bits per heavy atom. The Bertz CT molecular complexity index is 18.4. The standard InChI is InChI=1S/3C2H6O.CH3.Hf/c3*1-2-3;;/h3*3H,2H2,1H3;1H3;/q;;;-1;. The molecule has 0 atom stereocenters. The molecule has 0 heterocycles. The molecule has 11 heavy (non-hydrogen) atoms. The molecule has 0 bridgehead atoms. The van der Waals surface area contributed by atoms with Gasteiger partial charge in [-0.15, -0.1) is 0 Å². The molecule has 0 aromatic rings. The fraction of sp³-hybridized carbons (Fsp3) is 0.857. The van der Waals surface area contributed by atoms with Gasteiger partial charge < -0.3 is 22.7 Å². The van der Waals surface area contributed by atoms with Crippen LogP contribution >= 0.6 is 0 Å². The van der Waals surface area contributed by atoms with E-state index < -0.39 is 0 Å². The van der Waals surface area contributed by atoms with Gasteiger partial charge in [0.05, 0.1) is 0 Å². The minimum absolute atomic E-state index is 0. The maximum atomic E-state index is 7.57. The summed E-state index contributed by atoms with van der Waals surface area (Å²) in [6.07, 6.45) is 0. The van der Waals surface area contributed by atoms with Crippen molar-refractivity contribution in [2.75, 3.05) is 19.8 Å². The second-order valence-electron chi connectivity index (χ2n) is 0.949. The molecule has 0 radical (unpaired) electrons. The number of aliphatic hydroxyl groups is 3. The van der Waals surface area contributed by atoms with E-state index in [1.165, 1.54) is 0 Å². The van der Waals surface area contributed by atoms with Crippen LogP contribution in [0.4, 0.5) is 0 Å². The van der Waals surface area contributed by atoms with Crippen molar-refractivity contribution in [3.05, 3.63) is 7.43 Å². The Morgan fingerprint density at radius 1 is 0.727 bits per heavy atom. The van der Waals surface area contributed by atoms with Crippen LogP contribution in [0.1, 0.15) is 20.8 Å². The summed E-state index contributed by atoms with van der Waals surface area (Å²) in [7, 11) is 0. The Kier molecular flexibility index (Phi) is 197. The molecule has 3 N–H and O–H groups in total. The van der Waals surface area contributed by atoms with Gasteiger partial charge in [-0.1, -0.05) is 0 Å². The Hall–Kier alpha value is 0.750. The smallest absolute Gasteiger partial charge is 0.0402 e. The molecule has 4 heteroatoms. The van der Waals surface area contributed by atoms with E-state index in [2.05, 4.69) is 0 Å². The first-order valence-corrected chi connectivity index (χ1v) is 3.07. The molecular weight excluding hydrogens is 311 g/mol. The van der Waals surface area contributed by atoms with Crippen molar-refractivity contribution in [3.8, 4) is 0 Å². The third-order valence-corrected chi connectivity index (χ3v) is 0. The van der Waals surface area contributed by atoms with Gasteiger partial charge in [0.2, 0.25) is 0 Å². The monoisotopic (exact) mass is 333 g/mol. The molecule has 0 rings (SSSR count). The van der Waals surface area contributed by atoms with Crippen molar-refractivity contribution < 1.29 is 41.2 Å². The molecular formula is C7H21HfO3-. The molecule has 0 spiro atoms. The van der Waals surface area contributed by atoms with Gasteiger partial charge in [0.15, 0.2) is 0 Å². The van der Waals surface area contributed by atoms with E-state index in [0.717, 1.165) is 0 Å². The van der Waals surface area contributed by atoms with Crippen LogP contribution in [0, 0.1) is 7.43 Å². The van der Waals surface area contributed by atoms with Crippen LogP contribution in [0.3, 0.4) is 0 Å². The third kappa shape index (κ3) is 1460. The van der Waals surface area contributed by atoms with E-state index in [0.29, 0.717) is 0 Å². The summed E-state index contributed by atoms with van der Waals surface area (Å²) in [4.78, 5) is 0. The average Bonchev–Trinajstić information content (AvgIpc) is 1.70. The van der Waals surface area contributed by atoms with Gasteiger partial charge in [0.25, 0.3) is 0 Å². The SMILES string of the molecule is CCO.CCO.CCO.[CH3-].[Hf]. The van der Waals surface area contributed by atoms with Crippen molar-refractivity contribution in [3.63, 3.8) is 0 Å². The Labute approximate surface area is 89.2 Å². The minimum atomic E-state index is 0. The zero-order chi connectivity index (χ0) is 8.12. The number of rotatable bonds is 0. The second kappa shape index (κ2) is 72.7. The van der Waals surface area contributed by atoms with E-state index in [4.69, 9.17) is 15.3 Å². The van der Waals surface area contributed by atoms with Crippen LogP contribution in [0.15, 0.2) is 0 Å². The summed E-state index contributed by atoms with van der Waals surface area (Å²) in [5.74, 6) is 0. The molecule has 0 aliphatic carbocycles. The van der Waals surface area contributed by atoms with Gasteiger partial charge in [0, 0.05) is 45.7 Å². The van der Waals surface area contributed by atoms with E-state index in [1.54, 1.807) is 20.8 Å². The van der Waals surface area contributed by atoms with Crippen molar-refractivity contribution >= 4 is 0 Å². The zero-order valence-corrected chi connectivity index (χ0v) is 11.6. The minimum Gasteiger partial charge on any atom is -0.397 e. The maximum Gasteiger partial charge on any atom is 0.0402 e. The predicted molar refractivity (Wildman–Crippen MR) is 44.7 cm³/mol. The molecule has 0 amide bonds. The molecule has 0 aliphatic rings. The van der Waals surface area contributed by atoms with Gasteiger partial charge in [-0.2, -0.15) is 0 Å². The topological polar surface area (TPSA) is 60.7 Å². The van der Waals surface area contributed by atoms with E-state index in [1.807, 2.05) is 0 Å². The molecule has 0 aliphatic heterocycles. The first-order chi connectivity index (χ1) is 4.24. The molecule has 0 fully saturated rings. The summed E-state index contributed by atoms with van der Waals surface area (Å²) in [5, 5.41) is 22.7. The maximum absolute atomic E-state index is 7.57. The molecule has 3 nitrogen and oxygen atoms in total. The molecule has 0 saturated heterocycles. The molecule has 0 aromatic carbocycles. The van der Waals surface area contributed by atoms with Gasteiger partial charge in [-0.25, -0.2) is 0 Å². The normalized spacial score (nSPS) is 4.91. The van der Waals surface area contributed by atoms with Crippen LogP contribution in [0.25, 0.3) is 0 Å². The predicted octanol–water partition coefficient (Wildman–Crippen LogP) is 0.444. The van der Waals surface area contributed by atoms with Crippen LogP contribution in [-0.2, 0) is 25.8 Å². The van der Waals surface area contributed by atoms with Gasteiger partial charge >= 0.3 is 0 Å². The molecule has 0 unspecified atom stereocenters. The van der Waals surface area contributed by atoms with E-state index in [-0.39, 0.29) is 53.1 Å². The third-order valence-electron chi connectivity index (χ3n) is 0. The fourth-order valence-corrected chi connectivity index (χ4v) is 0. The number of hydrogen-bond donors (Lipinski definition) is 3.